The number of hydrogen-bond donors (Lipinski definition) is 0. The van der Waals surface area contributed by atoms with Crippen molar-refractivity contribution in [2.45, 2.75) is 51.9 Å². The van der Waals surface area contributed by atoms with Gasteiger partial charge in [-0.05, 0) is 33.6 Å². The van der Waals surface area contributed by atoms with Gasteiger partial charge in [0.25, 0.3) is 5.56 Å². The predicted octanol–water partition coefficient (Wildman–Crippen LogP) is 2.20. The first-order valence-electron chi connectivity index (χ1n) is 8.37. The van der Waals surface area contributed by atoms with Crippen molar-refractivity contribution < 1.29 is 19.1 Å². The van der Waals surface area contributed by atoms with Crippen LogP contribution in [0.3, 0.4) is 0 Å². The quantitative estimate of drug-likeness (QED) is 0.760. The molecule has 1 aliphatic rings. The smallest absolute Gasteiger partial charge is 0.411 e. The van der Waals surface area contributed by atoms with Gasteiger partial charge in [0.1, 0.15) is 18.2 Å². The van der Waals surface area contributed by atoms with E-state index in [2.05, 4.69) is 4.98 Å². The van der Waals surface area contributed by atoms with E-state index in [9.17, 15) is 14.4 Å². The maximum Gasteiger partial charge on any atom is 0.411 e. The Bertz CT molecular complexity index is 882. The van der Waals surface area contributed by atoms with Crippen molar-refractivity contribution in [2.75, 3.05) is 6.54 Å². The molecule has 1 atom stereocenters. The van der Waals surface area contributed by atoms with E-state index < -0.39 is 23.7 Å². The maximum absolute atomic E-state index is 12.4. The summed E-state index contributed by atoms with van der Waals surface area (Å²) in [7, 11) is 0. The molecule has 0 spiro atoms. The summed E-state index contributed by atoms with van der Waals surface area (Å²) in [6.45, 7) is 5.67. The number of esters is 1. The second-order valence-corrected chi connectivity index (χ2v) is 7.95. The van der Waals surface area contributed by atoms with Crippen molar-refractivity contribution in [3.05, 3.63) is 33.7 Å². The summed E-state index contributed by atoms with van der Waals surface area (Å²) in [5.74, 6) is -0.512. The van der Waals surface area contributed by atoms with E-state index in [4.69, 9.17) is 9.47 Å². The molecule has 8 nitrogen and oxygen atoms in total. The molecule has 0 bridgehead atoms. The Morgan fingerprint density at radius 2 is 2.15 bits per heavy atom. The number of aromatic nitrogens is 2. The van der Waals surface area contributed by atoms with Crippen LogP contribution in [0.4, 0.5) is 4.79 Å². The maximum atomic E-state index is 12.4. The topological polar surface area (TPSA) is 90.2 Å². The van der Waals surface area contributed by atoms with Crippen LogP contribution in [-0.2, 0) is 20.9 Å². The number of hydrogen-bond acceptors (Lipinski definition) is 7. The van der Waals surface area contributed by atoms with Crippen LogP contribution in [0, 0.1) is 0 Å². The van der Waals surface area contributed by atoms with Crippen molar-refractivity contribution >= 4 is 28.4 Å². The molecule has 2 aromatic heterocycles. The predicted molar refractivity (Wildman–Crippen MR) is 95.1 cm³/mol. The highest BCUT2D eigenvalue weighted by Crippen LogP contribution is 2.22. The van der Waals surface area contributed by atoms with Crippen LogP contribution in [0.25, 0.3) is 4.96 Å². The largest absolute Gasteiger partial charge is 0.458 e. The fourth-order valence-electron chi connectivity index (χ4n) is 2.75. The number of carbonyl (C=O) groups excluding carboxylic acids is 2. The molecule has 1 aliphatic heterocycles. The van der Waals surface area contributed by atoms with Gasteiger partial charge < -0.3 is 9.47 Å². The highest BCUT2D eigenvalue weighted by molar-refractivity contribution is 7.15. The number of likely N-dealkylation sites (tertiary alicyclic amines) is 1. The average Bonchev–Trinajstić information content (AvgIpc) is 3.20. The molecule has 0 saturated carbocycles. The van der Waals surface area contributed by atoms with Gasteiger partial charge in [-0.3, -0.25) is 14.1 Å². The second-order valence-electron chi connectivity index (χ2n) is 7.08. The van der Waals surface area contributed by atoms with Gasteiger partial charge in [-0.25, -0.2) is 14.6 Å². The summed E-state index contributed by atoms with van der Waals surface area (Å²) in [5.41, 5.74) is -0.470. The molecule has 26 heavy (non-hydrogen) atoms. The highest BCUT2D eigenvalue weighted by Gasteiger charge is 2.37. The Labute approximate surface area is 154 Å². The first kappa shape index (κ1) is 18.4. The summed E-state index contributed by atoms with van der Waals surface area (Å²) < 4.78 is 12.1. The lowest BCUT2D eigenvalue weighted by molar-refractivity contribution is -0.150. The van der Waals surface area contributed by atoms with E-state index in [1.54, 1.807) is 32.3 Å². The number of thiazole rings is 1. The Balaban J connectivity index is 1.64. The minimum absolute atomic E-state index is 0.110. The molecular weight excluding hydrogens is 358 g/mol. The van der Waals surface area contributed by atoms with Crippen molar-refractivity contribution in [1.82, 2.24) is 14.3 Å². The molecule has 0 aromatic carbocycles. The molecule has 3 rings (SSSR count). The zero-order valence-corrected chi connectivity index (χ0v) is 15.7. The Kier molecular flexibility index (Phi) is 4.99. The van der Waals surface area contributed by atoms with E-state index >= 15 is 0 Å². The zero-order valence-electron chi connectivity index (χ0n) is 14.9. The second kappa shape index (κ2) is 7.06. The van der Waals surface area contributed by atoms with Crippen LogP contribution in [0.1, 0.15) is 39.3 Å². The first-order chi connectivity index (χ1) is 12.2. The summed E-state index contributed by atoms with van der Waals surface area (Å²) >= 11 is 1.33. The molecule has 0 aliphatic carbocycles. The van der Waals surface area contributed by atoms with Crippen LogP contribution in [0.5, 0.6) is 0 Å². The molecule has 0 radical (unpaired) electrons. The fraction of sp³-hybridized carbons (Fsp3) is 0.529. The average molecular weight is 379 g/mol. The van der Waals surface area contributed by atoms with Crippen molar-refractivity contribution in [3.63, 3.8) is 0 Å². The number of carbonyl (C=O) groups is 2. The standard InChI is InChI=1S/C17H21N3O5S/c1-17(2,3)25-16(23)19-6-4-5-12(19)14(22)24-10-11-9-13(21)20-7-8-26-15(20)18-11/h7-9,12H,4-6,10H2,1-3H3. The number of ether oxygens (including phenoxy) is 2. The monoisotopic (exact) mass is 379 g/mol. The Hall–Kier alpha value is -2.42. The number of amides is 1. The Morgan fingerprint density at radius 3 is 2.88 bits per heavy atom. The van der Waals surface area contributed by atoms with E-state index in [-0.39, 0.29) is 12.2 Å². The minimum atomic E-state index is -0.670. The van der Waals surface area contributed by atoms with Crippen LogP contribution < -0.4 is 5.56 Å². The highest BCUT2D eigenvalue weighted by atomic mass is 32.1. The van der Waals surface area contributed by atoms with Gasteiger partial charge in [-0.2, -0.15) is 0 Å². The Morgan fingerprint density at radius 1 is 1.38 bits per heavy atom. The summed E-state index contributed by atoms with van der Waals surface area (Å²) in [6, 6.07) is 0.671. The summed E-state index contributed by atoms with van der Waals surface area (Å²) in [6.07, 6.45) is 2.36. The lowest BCUT2D eigenvalue weighted by Crippen LogP contribution is -2.44. The lowest BCUT2D eigenvalue weighted by atomic mass is 10.2. The number of rotatable bonds is 3. The molecule has 0 N–H and O–H groups in total. The van der Waals surface area contributed by atoms with E-state index in [1.165, 1.54) is 26.7 Å². The van der Waals surface area contributed by atoms with Gasteiger partial charge in [0.2, 0.25) is 0 Å². The molecule has 1 saturated heterocycles. The van der Waals surface area contributed by atoms with Gasteiger partial charge >= 0.3 is 12.1 Å². The van der Waals surface area contributed by atoms with Crippen LogP contribution in [-0.4, -0.2) is 44.5 Å². The third-order valence-electron chi connectivity index (χ3n) is 3.87. The van der Waals surface area contributed by atoms with Gasteiger partial charge in [-0.15, -0.1) is 11.3 Å². The molecular formula is C17H21N3O5S. The lowest BCUT2D eigenvalue weighted by Gasteiger charge is -2.27. The van der Waals surface area contributed by atoms with Crippen LogP contribution >= 0.6 is 11.3 Å². The zero-order chi connectivity index (χ0) is 18.9. The van der Waals surface area contributed by atoms with Crippen molar-refractivity contribution in [3.8, 4) is 0 Å². The molecule has 1 fully saturated rings. The molecule has 2 aromatic rings. The molecule has 3 heterocycles. The number of fused-ring (bicyclic) bond motifs is 1. The summed E-state index contributed by atoms with van der Waals surface area (Å²) in [5, 5.41) is 1.76. The fourth-order valence-corrected chi connectivity index (χ4v) is 3.49. The van der Waals surface area contributed by atoms with Crippen molar-refractivity contribution in [1.29, 1.82) is 0 Å². The van der Waals surface area contributed by atoms with Crippen LogP contribution in [0.15, 0.2) is 22.4 Å². The van der Waals surface area contributed by atoms with Gasteiger partial charge in [0.15, 0.2) is 4.96 Å². The molecule has 1 amide bonds. The van der Waals surface area contributed by atoms with Gasteiger partial charge in [0, 0.05) is 24.2 Å². The molecule has 9 heteroatoms. The molecule has 1 unspecified atom stereocenters. The first-order valence-corrected chi connectivity index (χ1v) is 9.24. The number of nitrogens with zero attached hydrogens (tertiary/aromatic N) is 3. The van der Waals surface area contributed by atoms with Gasteiger partial charge in [-0.1, -0.05) is 0 Å². The normalized spacial score (nSPS) is 17.5. The SMILES string of the molecule is CC(C)(C)OC(=O)N1CCCC1C(=O)OCc1cc(=O)n2ccsc2n1. The summed E-state index contributed by atoms with van der Waals surface area (Å²) in [4.78, 5) is 42.9. The minimum Gasteiger partial charge on any atom is -0.458 e. The van der Waals surface area contributed by atoms with Gasteiger partial charge in [0.05, 0.1) is 5.69 Å². The van der Waals surface area contributed by atoms with Crippen molar-refractivity contribution in [2.24, 2.45) is 0 Å². The molecule has 140 valence electrons. The third kappa shape index (κ3) is 4.04. The third-order valence-corrected chi connectivity index (χ3v) is 4.63. The van der Waals surface area contributed by atoms with E-state index in [1.807, 2.05) is 0 Å². The van der Waals surface area contributed by atoms with Crippen LogP contribution in [0.2, 0.25) is 0 Å². The van der Waals surface area contributed by atoms with E-state index in [0.717, 1.165) is 0 Å². The van der Waals surface area contributed by atoms with E-state index in [0.29, 0.717) is 30.0 Å².